The van der Waals surface area contributed by atoms with Gasteiger partial charge in [-0.05, 0) is 88.6 Å². The molecule has 2 aromatic rings. The molecule has 2 aromatic carbocycles. The maximum absolute atomic E-state index is 7.26. The van der Waals surface area contributed by atoms with Gasteiger partial charge in [0, 0.05) is 45.1 Å². The Morgan fingerprint density at radius 2 is 1.12 bits per heavy atom. The topological polar surface area (TPSA) is 102 Å². The molecule has 0 N–H and O–H groups in total. The molecule has 0 aliphatic carbocycles. The Bertz CT molecular complexity index is 1900. The van der Waals surface area contributed by atoms with Crippen LogP contribution in [0.4, 0.5) is 0 Å². The smallest absolute Gasteiger partial charge is 0.192 e. The third-order valence-corrected chi connectivity index (χ3v) is 21.8. The van der Waals surface area contributed by atoms with Crippen molar-refractivity contribution in [1.29, 1.82) is 0 Å². The van der Waals surface area contributed by atoms with E-state index in [9.17, 15) is 0 Å². The second-order valence-corrected chi connectivity index (χ2v) is 28.0. The number of hydrogen-bond donors (Lipinski definition) is 0. The van der Waals surface area contributed by atoms with Crippen molar-refractivity contribution in [2.24, 2.45) is 0 Å². The van der Waals surface area contributed by atoms with Gasteiger partial charge in [0.05, 0.1) is 122 Å². The van der Waals surface area contributed by atoms with E-state index in [1.54, 1.807) is 0 Å². The molecule has 8 saturated heterocycles. The van der Waals surface area contributed by atoms with Gasteiger partial charge in [0.25, 0.3) is 0 Å². The van der Waals surface area contributed by atoms with E-state index in [2.05, 4.69) is 103 Å². The highest BCUT2D eigenvalue weighted by molar-refractivity contribution is 6.74. The van der Waals surface area contributed by atoms with E-state index in [-0.39, 0.29) is 103 Å². The number of rotatable bonds is 11. The lowest BCUT2D eigenvalue weighted by Gasteiger charge is -2.55. The highest BCUT2D eigenvalue weighted by Gasteiger charge is 2.59. The van der Waals surface area contributed by atoms with Crippen molar-refractivity contribution in [3.05, 3.63) is 71.8 Å². The SMILES string of the molecule is C[C@H]1O[C@H]2C[C@H]3O[C@@]4(C)C[C@H]5O[C@H]6C[C@H]7O[C@H]8CC[C@@H](OCc9ccccc9)[C@](C)(CCCOCc9ccccc9)O[C@@H]8C[C@@H]7O[C@@H]6C[C@@H]5O[C@@H]4CC[C@@H]3O[C@@H]2C[C@@H]1O[Si](C)(C)C(C)(C)C. The van der Waals surface area contributed by atoms with E-state index in [1.807, 2.05) is 12.1 Å². The fourth-order valence-corrected chi connectivity index (χ4v) is 13.9. The van der Waals surface area contributed by atoms with E-state index in [0.29, 0.717) is 19.8 Å². The van der Waals surface area contributed by atoms with E-state index < -0.39 is 19.5 Å². The Morgan fingerprint density at radius 1 is 0.591 bits per heavy atom. The molecule has 66 heavy (non-hydrogen) atoms. The molecule has 0 unspecified atom stereocenters. The number of fused-ring (bicyclic) bond motifs is 7. The minimum Gasteiger partial charge on any atom is -0.411 e. The van der Waals surface area contributed by atoms with Crippen molar-refractivity contribution < 1.29 is 51.8 Å². The van der Waals surface area contributed by atoms with Crippen LogP contribution in [0.3, 0.4) is 0 Å². The van der Waals surface area contributed by atoms with Crippen molar-refractivity contribution in [2.75, 3.05) is 6.61 Å². The van der Waals surface area contributed by atoms with Crippen LogP contribution < -0.4 is 0 Å². The Balaban J connectivity index is 0.763. The van der Waals surface area contributed by atoms with Gasteiger partial charge in [-0.15, -0.1) is 0 Å². The standard InChI is InChI=1S/C54H80O11Si/c1-34-39(65-66(7,8)52(2,3)4)26-41-40(57-34)29-48-38(58-41)21-23-51-54(6,64-48)31-49-46(62-51)28-43-44(61-49)27-42-45(60-43)30-47-37(59-42)20-22-50(56-33-36-18-13-10-14-19-36)53(5,63-47)24-15-25-55-32-35-16-11-9-12-17-35/h9-14,16-19,34,37-51H,15,20-33H2,1-8H3/t34-,37+,38+,39+,40+,41-,42-,43-,44+,45+,46+,47-,48-,49-,50-,51-,53+,54+/m1/s1. The second kappa shape index (κ2) is 19.4. The Hall–Kier alpha value is -1.78. The summed E-state index contributed by atoms with van der Waals surface area (Å²) in [6.07, 6.45) is 9.56. The summed E-state index contributed by atoms with van der Waals surface area (Å²) < 4.78 is 76.1. The molecule has 8 aliphatic heterocycles. The minimum atomic E-state index is -1.96. The summed E-state index contributed by atoms with van der Waals surface area (Å²) in [7, 11) is -1.96. The molecule has 0 amide bonds. The highest BCUT2D eigenvalue weighted by Crippen LogP contribution is 2.50. The average Bonchev–Trinajstić information content (AvgIpc) is 3.50. The lowest BCUT2D eigenvalue weighted by molar-refractivity contribution is -0.325. The summed E-state index contributed by atoms with van der Waals surface area (Å²) in [4.78, 5) is 0. The first-order chi connectivity index (χ1) is 31.6. The third kappa shape index (κ3) is 10.2. The normalized spacial score (nSPS) is 43.6. The second-order valence-electron chi connectivity index (χ2n) is 23.2. The van der Waals surface area contributed by atoms with Crippen LogP contribution in [0.5, 0.6) is 0 Å². The van der Waals surface area contributed by atoms with Crippen LogP contribution in [0.1, 0.15) is 130 Å². The first-order valence-corrected chi connectivity index (χ1v) is 28.8. The van der Waals surface area contributed by atoms with Gasteiger partial charge in [0.1, 0.15) is 0 Å². The largest absolute Gasteiger partial charge is 0.411 e. The van der Waals surface area contributed by atoms with Crippen molar-refractivity contribution >= 4 is 8.32 Å². The van der Waals surface area contributed by atoms with Crippen LogP contribution >= 0.6 is 0 Å². The molecule has 366 valence electrons. The zero-order chi connectivity index (χ0) is 45.8. The summed E-state index contributed by atoms with van der Waals surface area (Å²) in [6, 6.07) is 20.8. The van der Waals surface area contributed by atoms with Crippen LogP contribution in [0.15, 0.2) is 60.7 Å². The van der Waals surface area contributed by atoms with Crippen LogP contribution in [-0.2, 0) is 65.0 Å². The molecule has 0 bridgehead atoms. The van der Waals surface area contributed by atoms with Crippen molar-refractivity contribution in [3.8, 4) is 0 Å². The van der Waals surface area contributed by atoms with Crippen LogP contribution in [0.25, 0.3) is 0 Å². The van der Waals surface area contributed by atoms with Crippen LogP contribution in [-0.4, -0.2) is 124 Å². The average molecular weight is 933 g/mol. The molecule has 0 spiro atoms. The van der Waals surface area contributed by atoms with E-state index in [1.165, 1.54) is 11.1 Å². The maximum atomic E-state index is 7.26. The summed E-state index contributed by atoms with van der Waals surface area (Å²) in [5, 5.41) is 0.138. The molecule has 0 radical (unpaired) electrons. The summed E-state index contributed by atoms with van der Waals surface area (Å²) in [5.74, 6) is 0. The Kier molecular flexibility index (Phi) is 14.1. The monoisotopic (exact) mass is 933 g/mol. The van der Waals surface area contributed by atoms with E-state index >= 15 is 0 Å². The minimum absolute atomic E-state index is 0.00268. The quantitative estimate of drug-likeness (QED) is 0.159. The van der Waals surface area contributed by atoms with Crippen molar-refractivity contribution in [2.45, 2.75) is 259 Å². The van der Waals surface area contributed by atoms with Gasteiger partial charge in [-0.25, -0.2) is 0 Å². The highest BCUT2D eigenvalue weighted by atomic mass is 28.4. The third-order valence-electron chi connectivity index (χ3n) is 17.3. The first-order valence-electron chi connectivity index (χ1n) is 25.8. The van der Waals surface area contributed by atoms with E-state index in [4.69, 9.17) is 51.8 Å². The number of hydrogen-bond acceptors (Lipinski definition) is 11. The molecule has 11 nitrogen and oxygen atoms in total. The molecule has 12 heteroatoms. The zero-order valence-corrected chi connectivity index (χ0v) is 42.1. The zero-order valence-electron chi connectivity index (χ0n) is 41.1. The fraction of sp³-hybridized carbons (Fsp3) is 0.778. The summed E-state index contributed by atoms with van der Waals surface area (Å²) in [5.41, 5.74) is 1.37. The van der Waals surface area contributed by atoms with Gasteiger partial charge in [0.2, 0.25) is 0 Å². The van der Waals surface area contributed by atoms with Crippen LogP contribution in [0.2, 0.25) is 18.1 Å². The molecule has 8 aliphatic rings. The van der Waals surface area contributed by atoms with Gasteiger partial charge in [-0.3, -0.25) is 0 Å². The molecule has 8 heterocycles. The van der Waals surface area contributed by atoms with Gasteiger partial charge < -0.3 is 51.8 Å². The van der Waals surface area contributed by atoms with Crippen LogP contribution in [0, 0.1) is 0 Å². The molecular weight excluding hydrogens is 853 g/mol. The lowest BCUT2D eigenvalue weighted by Crippen LogP contribution is -2.65. The lowest BCUT2D eigenvalue weighted by atomic mass is 9.80. The summed E-state index contributed by atoms with van der Waals surface area (Å²) in [6.45, 7) is 20.0. The van der Waals surface area contributed by atoms with Gasteiger partial charge in [-0.1, -0.05) is 81.4 Å². The van der Waals surface area contributed by atoms with Gasteiger partial charge in [0.15, 0.2) is 8.32 Å². The van der Waals surface area contributed by atoms with Gasteiger partial charge in [-0.2, -0.15) is 0 Å². The predicted octanol–water partition coefficient (Wildman–Crippen LogP) is 9.80. The summed E-state index contributed by atoms with van der Waals surface area (Å²) >= 11 is 0. The Labute approximate surface area is 396 Å². The Morgan fingerprint density at radius 3 is 1.77 bits per heavy atom. The van der Waals surface area contributed by atoms with E-state index in [0.717, 1.165) is 77.0 Å². The first kappa shape index (κ1) is 47.9. The predicted molar refractivity (Wildman–Crippen MR) is 253 cm³/mol. The fourth-order valence-electron chi connectivity index (χ4n) is 12.5. The number of benzene rings is 2. The van der Waals surface area contributed by atoms with Gasteiger partial charge >= 0.3 is 0 Å². The molecule has 10 rings (SSSR count). The molecule has 18 atom stereocenters. The molecule has 8 fully saturated rings. The van der Waals surface area contributed by atoms with Crippen molar-refractivity contribution in [3.63, 3.8) is 0 Å². The number of ether oxygens (including phenoxy) is 10. The molecule has 0 aromatic heterocycles. The molecular formula is C54H80O11Si. The van der Waals surface area contributed by atoms with Crippen molar-refractivity contribution in [1.82, 2.24) is 0 Å². The maximum Gasteiger partial charge on any atom is 0.192 e. The molecule has 0 saturated carbocycles.